The van der Waals surface area contributed by atoms with E-state index in [9.17, 15) is 14.8 Å². The number of nitriles is 1. The summed E-state index contributed by atoms with van der Waals surface area (Å²) >= 11 is 1.57. The molecule has 2 aliphatic rings. The van der Waals surface area contributed by atoms with Crippen molar-refractivity contribution >= 4 is 11.3 Å². The molecule has 2 N–H and O–H groups in total. The highest BCUT2D eigenvalue weighted by molar-refractivity contribution is 7.15. The minimum atomic E-state index is -0.664. The molecule has 1 aliphatic carbocycles. The third-order valence-corrected chi connectivity index (χ3v) is 8.60. The topological polar surface area (TPSA) is 59.3 Å². The van der Waals surface area contributed by atoms with Crippen molar-refractivity contribution < 1.29 is 9.50 Å². The van der Waals surface area contributed by atoms with Gasteiger partial charge in [0.1, 0.15) is 12.0 Å². The van der Waals surface area contributed by atoms with Gasteiger partial charge in [0, 0.05) is 15.7 Å². The van der Waals surface area contributed by atoms with E-state index in [-0.39, 0.29) is 12.1 Å². The molecule has 2 aromatic carbocycles. The van der Waals surface area contributed by atoms with E-state index in [1.54, 1.807) is 17.4 Å². The molecule has 4 nitrogen and oxygen atoms in total. The molecule has 170 valence electrons. The molecule has 6 heteroatoms. The van der Waals surface area contributed by atoms with Crippen molar-refractivity contribution in [1.82, 2.24) is 10.2 Å². The van der Waals surface area contributed by atoms with E-state index in [0.29, 0.717) is 17.0 Å². The van der Waals surface area contributed by atoms with Gasteiger partial charge in [-0.15, -0.1) is 11.3 Å². The first kappa shape index (κ1) is 22.2. The Hall–Kier alpha value is -2.56. The van der Waals surface area contributed by atoms with Crippen molar-refractivity contribution in [3.63, 3.8) is 0 Å². The van der Waals surface area contributed by atoms with Gasteiger partial charge in [0.2, 0.25) is 0 Å². The van der Waals surface area contributed by atoms with Gasteiger partial charge in [0.25, 0.3) is 0 Å². The minimum absolute atomic E-state index is 0.0306. The van der Waals surface area contributed by atoms with Crippen LogP contribution in [-0.4, -0.2) is 29.4 Å². The van der Waals surface area contributed by atoms with E-state index in [1.807, 2.05) is 31.0 Å². The molecule has 3 aromatic rings. The summed E-state index contributed by atoms with van der Waals surface area (Å²) in [6.45, 7) is 4.19. The van der Waals surface area contributed by atoms with Crippen LogP contribution in [0.5, 0.6) is 0 Å². The molecule has 1 saturated heterocycles. The Morgan fingerprint density at radius 2 is 1.82 bits per heavy atom. The number of aliphatic hydroxyl groups is 1. The first-order valence-corrected chi connectivity index (χ1v) is 12.2. The van der Waals surface area contributed by atoms with Gasteiger partial charge < -0.3 is 5.11 Å². The van der Waals surface area contributed by atoms with Crippen molar-refractivity contribution in [1.29, 1.82) is 5.26 Å². The van der Waals surface area contributed by atoms with Gasteiger partial charge in [-0.25, -0.2) is 4.39 Å². The number of halogens is 1. The zero-order chi connectivity index (χ0) is 23.3. The van der Waals surface area contributed by atoms with Gasteiger partial charge in [0.15, 0.2) is 0 Å². The number of thiophene rings is 1. The minimum Gasteiger partial charge on any atom is -0.378 e. The first-order valence-electron chi connectivity index (χ1n) is 11.4. The van der Waals surface area contributed by atoms with E-state index < -0.39 is 17.6 Å². The first-order chi connectivity index (χ1) is 15.8. The van der Waals surface area contributed by atoms with E-state index in [0.717, 1.165) is 15.3 Å². The van der Waals surface area contributed by atoms with E-state index in [1.165, 1.54) is 30.5 Å². The zero-order valence-corrected chi connectivity index (χ0v) is 19.9. The highest BCUT2D eigenvalue weighted by atomic mass is 32.1. The van der Waals surface area contributed by atoms with Crippen LogP contribution in [0.4, 0.5) is 4.39 Å². The Kier molecular flexibility index (Phi) is 5.62. The summed E-state index contributed by atoms with van der Waals surface area (Å²) < 4.78 is 14.1. The second-order valence-electron chi connectivity index (χ2n) is 9.52. The zero-order valence-electron chi connectivity index (χ0n) is 19.0. The van der Waals surface area contributed by atoms with Gasteiger partial charge >= 0.3 is 0 Å². The standard InChI is InChI=1S/C27H28FN3OS/c1-16-30-27(2,24-11-10-23(33-24)21-12-17(15-29)13-22(28)14-21)25(26(32)31(16)3)20-8-6-19(7-9-20)18-4-5-18/h6-14,16,18,25-26,30,32H,4-5H2,1-3H3/t16?,25-,26+,27+/m0/s1. The summed E-state index contributed by atoms with van der Waals surface area (Å²) in [6, 6.07) is 19.2. The molecular weight excluding hydrogens is 433 g/mol. The van der Waals surface area contributed by atoms with Crippen LogP contribution in [0.15, 0.2) is 54.6 Å². The number of aliphatic hydroxyl groups excluding tert-OH is 1. The maximum Gasteiger partial charge on any atom is 0.125 e. The molecule has 0 amide bonds. The molecule has 1 aromatic heterocycles. The predicted molar refractivity (Wildman–Crippen MR) is 129 cm³/mol. The van der Waals surface area contributed by atoms with Crippen LogP contribution in [0.2, 0.25) is 0 Å². The molecule has 2 fully saturated rings. The average molecular weight is 462 g/mol. The van der Waals surface area contributed by atoms with Gasteiger partial charge in [-0.3, -0.25) is 10.2 Å². The van der Waals surface area contributed by atoms with Crippen LogP contribution in [-0.2, 0) is 5.54 Å². The molecule has 5 rings (SSSR count). The molecule has 33 heavy (non-hydrogen) atoms. The Labute approximate surface area is 198 Å². The molecule has 0 bridgehead atoms. The van der Waals surface area contributed by atoms with Crippen LogP contribution in [0.1, 0.15) is 60.1 Å². The van der Waals surface area contributed by atoms with E-state index in [4.69, 9.17) is 0 Å². The van der Waals surface area contributed by atoms with Crippen LogP contribution in [0.3, 0.4) is 0 Å². The third kappa shape index (κ3) is 4.00. The number of nitrogens with one attached hydrogen (secondary N) is 1. The molecule has 0 radical (unpaired) electrons. The second kappa shape index (κ2) is 8.34. The van der Waals surface area contributed by atoms with Gasteiger partial charge in [-0.05, 0) is 86.7 Å². The van der Waals surface area contributed by atoms with E-state index >= 15 is 0 Å². The fourth-order valence-corrected chi connectivity index (χ4v) is 6.22. The van der Waals surface area contributed by atoms with Crippen molar-refractivity contribution in [2.45, 2.75) is 56.5 Å². The number of hydrogen-bond acceptors (Lipinski definition) is 5. The molecular formula is C27H28FN3OS. The predicted octanol–water partition coefficient (Wildman–Crippen LogP) is 5.50. The summed E-state index contributed by atoms with van der Waals surface area (Å²) in [4.78, 5) is 3.92. The SMILES string of the molecule is CC1N[C@](C)(c2ccc(-c3cc(F)cc(C#N)c3)s2)[C@@H](c2ccc(C3CC3)cc2)[C@@H](O)N1C. The van der Waals surface area contributed by atoms with Crippen LogP contribution in [0.25, 0.3) is 10.4 Å². The lowest BCUT2D eigenvalue weighted by Gasteiger charge is -2.52. The van der Waals surface area contributed by atoms with Crippen LogP contribution >= 0.6 is 11.3 Å². The molecule has 1 aliphatic heterocycles. The molecule has 1 unspecified atom stereocenters. The maximum absolute atomic E-state index is 14.1. The van der Waals surface area contributed by atoms with Crippen molar-refractivity contribution in [3.8, 4) is 16.5 Å². The lowest BCUT2D eigenvalue weighted by Crippen LogP contribution is -2.65. The highest BCUT2D eigenvalue weighted by Crippen LogP contribution is 2.48. The van der Waals surface area contributed by atoms with Crippen molar-refractivity contribution in [3.05, 3.63) is 82.0 Å². The van der Waals surface area contributed by atoms with Crippen molar-refractivity contribution in [2.24, 2.45) is 0 Å². The molecule has 1 saturated carbocycles. The third-order valence-electron chi connectivity index (χ3n) is 7.23. The normalized spacial score (nSPS) is 27.9. The summed E-state index contributed by atoms with van der Waals surface area (Å²) in [5.74, 6) is 0.0768. The lowest BCUT2D eigenvalue weighted by atomic mass is 9.75. The Balaban J connectivity index is 1.55. The summed E-state index contributed by atoms with van der Waals surface area (Å²) in [6.07, 6.45) is 1.83. The van der Waals surface area contributed by atoms with Crippen LogP contribution < -0.4 is 5.32 Å². The Bertz CT molecular complexity index is 1210. The summed E-state index contributed by atoms with van der Waals surface area (Å²) in [5, 5.41) is 24.3. The molecule has 2 heterocycles. The highest BCUT2D eigenvalue weighted by Gasteiger charge is 2.49. The molecule has 0 spiro atoms. The fraction of sp³-hybridized carbons (Fsp3) is 0.370. The van der Waals surface area contributed by atoms with Crippen molar-refractivity contribution in [2.75, 3.05) is 7.05 Å². The fourth-order valence-electron chi connectivity index (χ4n) is 5.08. The number of likely N-dealkylation sites (N-methyl/N-ethyl adjacent to an activating group) is 1. The average Bonchev–Trinajstić information content (AvgIpc) is 3.52. The number of nitrogens with zero attached hydrogens (tertiary/aromatic N) is 2. The molecule has 4 atom stereocenters. The van der Waals surface area contributed by atoms with E-state index in [2.05, 4.69) is 42.6 Å². The van der Waals surface area contributed by atoms with Gasteiger partial charge in [-0.2, -0.15) is 5.26 Å². The summed E-state index contributed by atoms with van der Waals surface area (Å²) in [7, 11) is 1.93. The van der Waals surface area contributed by atoms with Gasteiger partial charge in [0.05, 0.1) is 23.3 Å². The summed E-state index contributed by atoms with van der Waals surface area (Å²) in [5.41, 5.74) is 2.94. The number of hydrogen-bond donors (Lipinski definition) is 2. The lowest BCUT2D eigenvalue weighted by molar-refractivity contribution is -0.0956. The maximum atomic E-state index is 14.1. The monoisotopic (exact) mass is 461 g/mol. The smallest absolute Gasteiger partial charge is 0.125 e. The number of benzene rings is 2. The number of rotatable bonds is 4. The Morgan fingerprint density at radius 1 is 1.12 bits per heavy atom. The second-order valence-corrected chi connectivity index (χ2v) is 10.6. The Morgan fingerprint density at radius 3 is 2.48 bits per heavy atom. The van der Waals surface area contributed by atoms with Gasteiger partial charge in [-0.1, -0.05) is 24.3 Å². The largest absolute Gasteiger partial charge is 0.378 e. The van der Waals surface area contributed by atoms with Crippen LogP contribution in [0, 0.1) is 17.1 Å². The quantitative estimate of drug-likeness (QED) is 0.539.